The molecule has 0 aliphatic rings. The molecule has 0 aromatic heterocycles. The second-order valence-corrected chi connectivity index (χ2v) is 4.89. The van der Waals surface area contributed by atoms with Crippen molar-refractivity contribution in [2.45, 2.75) is 39.4 Å². The van der Waals surface area contributed by atoms with Crippen LogP contribution in [-0.2, 0) is 11.3 Å². The molecule has 1 N–H and O–H groups in total. The normalized spacial score (nSPS) is 13.3. The van der Waals surface area contributed by atoms with Crippen molar-refractivity contribution in [3.05, 3.63) is 48.0 Å². The van der Waals surface area contributed by atoms with Gasteiger partial charge in [0.25, 0.3) is 0 Å². The number of aliphatic hydroxyl groups excluding tert-OH is 1. The van der Waals surface area contributed by atoms with Crippen molar-refractivity contribution in [1.29, 1.82) is 0 Å². The summed E-state index contributed by atoms with van der Waals surface area (Å²) in [5, 5.41) is 9.73. The van der Waals surface area contributed by atoms with Gasteiger partial charge in [-0.3, -0.25) is 0 Å². The van der Waals surface area contributed by atoms with Gasteiger partial charge < -0.3 is 9.84 Å². The molecule has 0 fully saturated rings. The molecular weight excluding hydrogens is 224 g/mol. The van der Waals surface area contributed by atoms with Gasteiger partial charge in [-0.2, -0.15) is 0 Å². The molecule has 2 heteroatoms. The molecule has 18 heavy (non-hydrogen) atoms. The number of aliphatic hydroxyl groups is 1. The highest BCUT2D eigenvalue weighted by Gasteiger charge is 2.01. The average molecular weight is 248 g/mol. The van der Waals surface area contributed by atoms with Gasteiger partial charge in [-0.1, -0.05) is 56.3 Å². The van der Waals surface area contributed by atoms with Crippen LogP contribution in [0.2, 0.25) is 0 Å². The zero-order valence-corrected chi connectivity index (χ0v) is 11.4. The van der Waals surface area contributed by atoms with Crippen molar-refractivity contribution in [3.8, 4) is 0 Å². The van der Waals surface area contributed by atoms with E-state index in [1.807, 2.05) is 36.4 Å². The lowest BCUT2D eigenvalue weighted by Crippen LogP contribution is -2.09. The zero-order chi connectivity index (χ0) is 13.2. The highest BCUT2D eigenvalue weighted by molar-refractivity contribution is 5.13. The van der Waals surface area contributed by atoms with E-state index in [0.29, 0.717) is 32.0 Å². The molecule has 1 rings (SSSR count). The number of ether oxygens (including phenoxy) is 1. The summed E-state index contributed by atoms with van der Waals surface area (Å²) in [6.07, 6.45) is 5.28. The molecular formula is C16H24O2. The number of hydrogen-bond donors (Lipinski definition) is 1. The summed E-state index contributed by atoms with van der Waals surface area (Å²) in [7, 11) is 0. The van der Waals surface area contributed by atoms with Gasteiger partial charge in [0.2, 0.25) is 0 Å². The number of hydrogen-bond acceptors (Lipinski definition) is 2. The minimum atomic E-state index is -0.296. The third kappa shape index (κ3) is 7.25. The summed E-state index contributed by atoms with van der Waals surface area (Å²) in [6, 6.07) is 10.1. The third-order valence-corrected chi connectivity index (χ3v) is 2.64. The van der Waals surface area contributed by atoms with Crippen LogP contribution >= 0.6 is 0 Å². The van der Waals surface area contributed by atoms with Gasteiger partial charge in [0.1, 0.15) is 0 Å². The maximum Gasteiger partial charge on any atom is 0.0716 e. The fraction of sp³-hybridized carbons (Fsp3) is 0.500. The summed E-state index contributed by atoms with van der Waals surface area (Å²) < 4.78 is 5.53. The van der Waals surface area contributed by atoms with Crippen molar-refractivity contribution < 1.29 is 9.84 Å². The van der Waals surface area contributed by atoms with Crippen LogP contribution < -0.4 is 0 Å². The lowest BCUT2D eigenvalue weighted by atomic mass is 10.1. The minimum Gasteiger partial charge on any atom is -0.393 e. The number of rotatable bonds is 8. The standard InChI is InChI=1S/C16H24O2/c1-14(2)7-6-10-16(17)11-12-18-13-15-8-4-3-5-9-15/h3-9,14,16-17H,10-13H2,1-2H3/b7-6-. The Morgan fingerprint density at radius 2 is 1.94 bits per heavy atom. The number of benzene rings is 1. The maximum atomic E-state index is 9.73. The first-order valence-electron chi connectivity index (χ1n) is 6.65. The summed E-state index contributed by atoms with van der Waals surface area (Å²) in [4.78, 5) is 0. The monoisotopic (exact) mass is 248 g/mol. The molecule has 1 unspecified atom stereocenters. The molecule has 1 aromatic carbocycles. The van der Waals surface area contributed by atoms with Crippen LogP contribution in [0.5, 0.6) is 0 Å². The molecule has 0 saturated carbocycles. The lowest BCUT2D eigenvalue weighted by molar-refractivity contribution is 0.0745. The molecule has 2 nitrogen and oxygen atoms in total. The molecule has 0 radical (unpaired) electrons. The van der Waals surface area contributed by atoms with Crippen molar-refractivity contribution in [2.24, 2.45) is 5.92 Å². The second kappa shape index (κ2) is 8.90. The Morgan fingerprint density at radius 3 is 2.61 bits per heavy atom. The largest absolute Gasteiger partial charge is 0.393 e. The van der Waals surface area contributed by atoms with Gasteiger partial charge in [0.05, 0.1) is 12.7 Å². The quantitative estimate of drug-likeness (QED) is 0.563. The Labute approximate surface area is 110 Å². The average Bonchev–Trinajstić information content (AvgIpc) is 2.35. The topological polar surface area (TPSA) is 29.5 Å². The summed E-state index contributed by atoms with van der Waals surface area (Å²) >= 11 is 0. The van der Waals surface area contributed by atoms with Crippen LogP contribution in [0.4, 0.5) is 0 Å². The van der Waals surface area contributed by atoms with Gasteiger partial charge in [0, 0.05) is 6.61 Å². The van der Waals surface area contributed by atoms with E-state index in [4.69, 9.17) is 4.74 Å². The van der Waals surface area contributed by atoms with Crippen LogP contribution in [-0.4, -0.2) is 17.8 Å². The van der Waals surface area contributed by atoms with Crippen molar-refractivity contribution in [1.82, 2.24) is 0 Å². The molecule has 1 atom stereocenters. The Bertz CT molecular complexity index is 330. The smallest absolute Gasteiger partial charge is 0.0716 e. The van der Waals surface area contributed by atoms with Gasteiger partial charge in [-0.05, 0) is 24.3 Å². The van der Waals surface area contributed by atoms with Gasteiger partial charge >= 0.3 is 0 Å². The summed E-state index contributed by atoms with van der Waals surface area (Å²) in [5.41, 5.74) is 1.17. The van der Waals surface area contributed by atoms with Crippen LogP contribution in [0.15, 0.2) is 42.5 Å². The first kappa shape index (κ1) is 14.9. The molecule has 0 bridgehead atoms. The van der Waals surface area contributed by atoms with Crippen molar-refractivity contribution in [3.63, 3.8) is 0 Å². The number of allylic oxidation sites excluding steroid dienone is 1. The van der Waals surface area contributed by atoms with E-state index < -0.39 is 0 Å². The molecule has 0 heterocycles. The van der Waals surface area contributed by atoms with E-state index >= 15 is 0 Å². The van der Waals surface area contributed by atoms with Gasteiger partial charge in [0.15, 0.2) is 0 Å². The maximum absolute atomic E-state index is 9.73. The molecule has 0 saturated heterocycles. The van der Waals surface area contributed by atoms with E-state index in [9.17, 15) is 5.11 Å². The van der Waals surface area contributed by atoms with Gasteiger partial charge in [-0.25, -0.2) is 0 Å². The highest BCUT2D eigenvalue weighted by Crippen LogP contribution is 2.05. The van der Waals surface area contributed by atoms with Crippen LogP contribution in [0, 0.1) is 5.92 Å². The molecule has 0 amide bonds. The third-order valence-electron chi connectivity index (χ3n) is 2.64. The zero-order valence-electron chi connectivity index (χ0n) is 11.4. The first-order valence-corrected chi connectivity index (χ1v) is 6.65. The molecule has 100 valence electrons. The van der Waals surface area contributed by atoms with E-state index in [0.717, 1.165) is 0 Å². The van der Waals surface area contributed by atoms with E-state index in [-0.39, 0.29) is 6.10 Å². The first-order chi connectivity index (χ1) is 8.68. The lowest BCUT2D eigenvalue weighted by Gasteiger charge is -2.09. The Hall–Kier alpha value is -1.12. The van der Waals surface area contributed by atoms with E-state index in [1.165, 1.54) is 5.56 Å². The van der Waals surface area contributed by atoms with E-state index in [2.05, 4.69) is 19.9 Å². The van der Waals surface area contributed by atoms with Crippen LogP contribution in [0.1, 0.15) is 32.3 Å². The van der Waals surface area contributed by atoms with Crippen LogP contribution in [0.25, 0.3) is 0 Å². The van der Waals surface area contributed by atoms with Crippen molar-refractivity contribution in [2.75, 3.05) is 6.61 Å². The fourth-order valence-corrected chi connectivity index (χ4v) is 1.61. The molecule has 1 aromatic rings. The highest BCUT2D eigenvalue weighted by atomic mass is 16.5. The Kier molecular flexibility index (Phi) is 7.38. The fourth-order valence-electron chi connectivity index (χ4n) is 1.61. The van der Waals surface area contributed by atoms with Gasteiger partial charge in [-0.15, -0.1) is 0 Å². The minimum absolute atomic E-state index is 0.296. The molecule has 0 aliphatic heterocycles. The summed E-state index contributed by atoms with van der Waals surface area (Å²) in [5.74, 6) is 0.548. The van der Waals surface area contributed by atoms with E-state index in [1.54, 1.807) is 0 Å². The predicted molar refractivity (Wildman–Crippen MR) is 75.3 cm³/mol. The van der Waals surface area contributed by atoms with Crippen LogP contribution in [0.3, 0.4) is 0 Å². The summed E-state index contributed by atoms with van der Waals surface area (Å²) in [6.45, 7) is 5.48. The molecule has 0 aliphatic carbocycles. The SMILES string of the molecule is CC(C)/C=C\CC(O)CCOCc1ccccc1. The Morgan fingerprint density at radius 1 is 1.22 bits per heavy atom. The molecule has 0 spiro atoms. The predicted octanol–water partition coefficient (Wildman–Crippen LogP) is 3.56. The Balaban J connectivity index is 2.07. The second-order valence-electron chi connectivity index (χ2n) is 4.89. The van der Waals surface area contributed by atoms with Crippen molar-refractivity contribution >= 4 is 0 Å².